The zero-order valence-electron chi connectivity index (χ0n) is 18.8. The number of carbonyl (C=O) groups is 2. The maximum absolute atomic E-state index is 12.5. The first kappa shape index (κ1) is 23.3. The summed E-state index contributed by atoms with van der Waals surface area (Å²) in [5.41, 5.74) is 4.96. The molecule has 3 aromatic carbocycles. The van der Waals surface area contributed by atoms with Crippen molar-refractivity contribution in [2.45, 2.75) is 20.8 Å². The molecule has 2 N–H and O–H groups in total. The summed E-state index contributed by atoms with van der Waals surface area (Å²) in [7, 11) is 0. The minimum absolute atomic E-state index is 0.0404. The SMILES string of the molecule is Cc1cccc(NC(=O)/C(C#N)=C/c2cccc(OCC(=O)Nc3cc(C)ccc3C)c2)c1. The van der Waals surface area contributed by atoms with E-state index in [9.17, 15) is 14.9 Å². The van der Waals surface area contributed by atoms with Crippen LogP contribution in [0.25, 0.3) is 6.08 Å². The number of ether oxygens (including phenoxy) is 1. The summed E-state index contributed by atoms with van der Waals surface area (Å²) in [6.45, 7) is 5.64. The van der Waals surface area contributed by atoms with Crippen LogP contribution < -0.4 is 15.4 Å². The minimum atomic E-state index is -0.498. The Morgan fingerprint density at radius 3 is 2.45 bits per heavy atom. The van der Waals surface area contributed by atoms with Gasteiger partial charge < -0.3 is 15.4 Å². The molecule has 0 aliphatic rings. The van der Waals surface area contributed by atoms with Gasteiger partial charge >= 0.3 is 0 Å². The maximum Gasteiger partial charge on any atom is 0.266 e. The topological polar surface area (TPSA) is 91.2 Å². The molecule has 0 saturated heterocycles. The van der Waals surface area contributed by atoms with E-state index in [0.717, 1.165) is 22.4 Å². The third-order valence-corrected chi connectivity index (χ3v) is 4.85. The molecule has 2 amide bonds. The lowest BCUT2D eigenvalue weighted by molar-refractivity contribution is -0.118. The summed E-state index contributed by atoms with van der Waals surface area (Å²) in [6, 6.07) is 22.0. The average molecular weight is 440 g/mol. The van der Waals surface area contributed by atoms with Gasteiger partial charge in [0, 0.05) is 11.4 Å². The fourth-order valence-corrected chi connectivity index (χ4v) is 3.14. The van der Waals surface area contributed by atoms with Gasteiger partial charge in [0.05, 0.1) is 0 Å². The Labute approximate surface area is 193 Å². The molecule has 0 atom stereocenters. The molecule has 33 heavy (non-hydrogen) atoms. The first-order chi connectivity index (χ1) is 15.8. The van der Waals surface area contributed by atoms with Crippen LogP contribution in [-0.2, 0) is 9.59 Å². The van der Waals surface area contributed by atoms with Gasteiger partial charge in [-0.25, -0.2) is 0 Å². The highest BCUT2D eigenvalue weighted by atomic mass is 16.5. The molecule has 3 rings (SSSR count). The Hall–Kier alpha value is -4.37. The predicted octanol–water partition coefficient (Wildman–Crippen LogP) is 5.18. The first-order valence-corrected chi connectivity index (χ1v) is 10.4. The second kappa shape index (κ2) is 10.8. The third kappa shape index (κ3) is 6.81. The summed E-state index contributed by atoms with van der Waals surface area (Å²) in [5, 5.41) is 15.0. The molecule has 166 valence electrons. The van der Waals surface area contributed by atoms with Crippen molar-refractivity contribution in [2.24, 2.45) is 0 Å². The Kier molecular flexibility index (Phi) is 7.61. The fraction of sp³-hybridized carbons (Fsp3) is 0.148. The van der Waals surface area contributed by atoms with Crippen LogP contribution in [0, 0.1) is 32.1 Å². The largest absolute Gasteiger partial charge is 0.484 e. The highest BCUT2D eigenvalue weighted by Crippen LogP contribution is 2.19. The third-order valence-electron chi connectivity index (χ3n) is 4.85. The molecule has 0 saturated carbocycles. The van der Waals surface area contributed by atoms with Crippen molar-refractivity contribution in [3.63, 3.8) is 0 Å². The molecule has 0 fully saturated rings. The molecule has 0 aliphatic carbocycles. The smallest absolute Gasteiger partial charge is 0.266 e. The number of anilines is 2. The Balaban J connectivity index is 1.64. The van der Waals surface area contributed by atoms with E-state index in [0.29, 0.717) is 17.0 Å². The molecular formula is C27H25N3O3. The van der Waals surface area contributed by atoms with Crippen LogP contribution in [0.5, 0.6) is 5.75 Å². The lowest BCUT2D eigenvalue weighted by atomic mass is 10.1. The highest BCUT2D eigenvalue weighted by molar-refractivity contribution is 6.09. The van der Waals surface area contributed by atoms with Crippen molar-refractivity contribution in [1.29, 1.82) is 5.26 Å². The van der Waals surface area contributed by atoms with Crippen molar-refractivity contribution in [2.75, 3.05) is 17.2 Å². The summed E-state index contributed by atoms with van der Waals surface area (Å²) in [6.07, 6.45) is 1.48. The normalized spacial score (nSPS) is 10.8. The molecule has 3 aromatic rings. The van der Waals surface area contributed by atoms with E-state index in [1.54, 1.807) is 30.3 Å². The van der Waals surface area contributed by atoms with Gasteiger partial charge in [0.1, 0.15) is 17.4 Å². The number of carbonyl (C=O) groups excluding carboxylic acids is 2. The first-order valence-electron chi connectivity index (χ1n) is 10.4. The Bertz CT molecular complexity index is 1260. The standard InChI is InChI=1S/C27H25N3O3/c1-18-6-4-8-23(12-18)29-27(32)22(16-28)14-21-7-5-9-24(15-21)33-17-26(31)30-25-13-19(2)10-11-20(25)3/h4-15H,17H2,1-3H3,(H,29,32)(H,30,31)/b22-14+. The van der Waals surface area contributed by atoms with Gasteiger partial charge in [0.25, 0.3) is 11.8 Å². The van der Waals surface area contributed by atoms with E-state index in [1.807, 2.05) is 63.2 Å². The van der Waals surface area contributed by atoms with Gasteiger partial charge in [-0.1, -0.05) is 36.4 Å². The molecule has 0 spiro atoms. The summed E-state index contributed by atoms with van der Waals surface area (Å²) in [5.74, 6) is -0.321. The van der Waals surface area contributed by atoms with Gasteiger partial charge in [-0.3, -0.25) is 9.59 Å². The number of hydrogen-bond acceptors (Lipinski definition) is 4. The summed E-state index contributed by atoms with van der Waals surface area (Å²) < 4.78 is 5.61. The molecule has 6 nitrogen and oxygen atoms in total. The van der Waals surface area contributed by atoms with Crippen molar-refractivity contribution in [3.05, 3.63) is 94.6 Å². The number of rotatable bonds is 7. The Morgan fingerprint density at radius 2 is 1.70 bits per heavy atom. The van der Waals surface area contributed by atoms with E-state index in [2.05, 4.69) is 10.6 Å². The summed E-state index contributed by atoms with van der Waals surface area (Å²) >= 11 is 0. The van der Waals surface area contributed by atoms with E-state index in [-0.39, 0.29) is 18.1 Å². The number of amides is 2. The lowest BCUT2D eigenvalue weighted by Gasteiger charge is -2.11. The molecular weight excluding hydrogens is 414 g/mol. The molecule has 0 bridgehead atoms. The van der Waals surface area contributed by atoms with Crippen LogP contribution in [-0.4, -0.2) is 18.4 Å². The zero-order valence-corrected chi connectivity index (χ0v) is 18.8. The molecule has 0 radical (unpaired) electrons. The van der Waals surface area contributed by atoms with Crippen LogP contribution >= 0.6 is 0 Å². The highest BCUT2D eigenvalue weighted by Gasteiger charge is 2.11. The number of hydrogen-bond donors (Lipinski definition) is 2. The number of nitriles is 1. The molecule has 0 unspecified atom stereocenters. The van der Waals surface area contributed by atoms with Crippen molar-refractivity contribution >= 4 is 29.3 Å². The number of nitrogens with zero attached hydrogens (tertiary/aromatic N) is 1. The van der Waals surface area contributed by atoms with E-state index in [1.165, 1.54) is 6.08 Å². The van der Waals surface area contributed by atoms with Gasteiger partial charge in [0.2, 0.25) is 0 Å². The molecule has 6 heteroatoms. The second-order valence-electron chi connectivity index (χ2n) is 7.72. The predicted molar refractivity (Wildman–Crippen MR) is 130 cm³/mol. The maximum atomic E-state index is 12.5. The summed E-state index contributed by atoms with van der Waals surface area (Å²) in [4.78, 5) is 24.8. The van der Waals surface area contributed by atoms with Crippen LogP contribution in [0.4, 0.5) is 11.4 Å². The average Bonchev–Trinajstić information content (AvgIpc) is 2.79. The van der Waals surface area contributed by atoms with Gasteiger partial charge in [-0.05, 0) is 79.4 Å². The number of aryl methyl sites for hydroxylation is 3. The van der Waals surface area contributed by atoms with Gasteiger partial charge in [0.15, 0.2) is 6.61 Å². The number of nitrogens with one attached hydrogen (secondary N) is 2. The minimum Gasteiger partial charge on any atom is -0.484 e. The quantitative estimate of drug-likeness (QED) is 0.392. The van der Waals surface area contributed by atoms with Crippen molar-refractivity contribution in [3.8, 4) is 11.8 Å². The Morgan fingerprint density at radius 1 is 0.939 bits per heavy atom. The van der Waals surface area contributed by atoms with E-state index in [4.69, 9.17) is 4.74 Å². The van der Waals surface area contributed by atoms with E-state index >= 15 is 0 Å². The van der Waals surface area contributed by atoms with Crippen molar-refractivity contribution < 1.29 is 14.3 Å². The molecule has 0 heterocycles. The second-order valence-corrected chi connectivity index (χ2v) is 7.72. The number of benzene rings is 3. The molecule has 0 aliphatic heterocycles. The van der Waals surface area contributed by atoms with E-state index < -0.39 is 5.91 Å². The zero-order chi connectivity index (χ0) is 23.8. The van der Waals surface area contributed by atoms with Crippen LogP contribution in [0.3, 0.4) is 0 Å². The van der Waals surface area contributed by atoms with Crippen LogP contribution in [0.15, 0.2) is 72.3 Å². The van der Waals surface area contributed by atoms with Gasteiger partial charge in [-0.15, -0.1) is 0 Å². The van der Waals surface area contributed by atoms with Crippen molar-refractivity contribution in [1.82, 2.24) is 0 Å². The fourth-order valence-electron chi connectivity index (χ4n) is 3.14. The van der Waals surface area contributed by atoms with Crippen LogP contribution in [0.1, 0.15) is 22.3 Å². The van der Waals surface area contributed by atoms with Crippen LogP contribution in [0.2, 0.25) is 0 Å². The lowest BCUT2D eigenvalue weighted by Crippen LogP contribution is -2.20. The molecule has 0 aromatic heterocycles. The van der Waals surface area contributed by atoms with Gasteiger partial charge in [-0.2, -0.15) is 5.26 Å². The monoisotopic (exact) mass is 439 g/mol.